The molecule has 2 fully saturated rings. The second-order valence-electron chi connectivity index (χ2n) is 9.10. The Labute approximate surface area is 144 Å². The van der Waals surface area contributed by atoms with Gasteiger partial charge < -0.3 is 10.2 Å². The standard InChI is InChI=1S/C21H29FO2/c1-11(2)18-17(24)10-21(3)9-16(22)19-14-7-5-13(23)8-12(14)4-6-15(19)20(18)21/h5,7-8,11,15-20,23-24H,4,6,9-10H2,1-3H3/t15-,16+,17-,18+,19-,20-,21-/m1/s1. The summed E-state index contributed by atoms with van der Waals surface area (Å²) < 4.78 is 15.3. The zero-order chi connectivity index (χ0) is 17.2. The van der Waals surface area contributed by atoms with Gasteiger partial charge in [0.2, 0.25) is 0 Å². The van der Waals surface area contributed by atoms with E-state index in [1.807, 2.05) is 12.1 Å². The van der Waals surface area contributed by atoms with Gasteiger partial charge in [-0.05, 0) is 78.0 Å². The van der Waals surface area contributed by atoms with Gasteiger partial charge in [-0.3, -0.25) is 0 Å². The molecule has 4 rings (SSSR count). The lowest BCUT2D eigenvalue weighted by atomic mass is 9.53. The fraction of sp³-hybridized carbons (Fsp3) is 0.714. The molecular formula is C21H29FO2. The van der Waals surface area contributed by atoms with Crippen LogP contribution in [0.25, 0.3) is 0 Å². The van der Waals surface area contributed by atoms with E-state index >= 15 is 4.39 Å². The predicted octanol–water partition coefficient (Wildman–Crippen LogP) is 4.44. The highest BCUT2D eigenvalue weighted by Crippen LogP contribution is 2.64. The van der Waals surface area contributed by atoms with Crippen molar-refractivity contribution in [2.45, 2.75) is 64.6 Å². The third-order valence-electron chi connectivity index (χ3n) is 7.32. The summed E-state index contributed by atoms with van der Waals surface area (Å²) >= 11 is 0. The highest BCUT2D eigenvalue weighted by molar-refractivity contribution is 5.41. The van der Waals surface area contributed by atoms with E-state index in [0.717, 1.165) is 30.4 Å². The molecule has 2 N–H and O–H groups in total. The first-order valence-corrected chi connectivity index (χ1v) is 9.46. The van der Waals surface area contributed by atoms with E-state index in [2.05, 4.69) is 20.8 Å². The zero-order valence-electron chi connectivity index (χ0n) is 14.9. The maximum Gasteiger partial charge on any atom is 0.115 e. The van der Waals surface area contributed by atoms with Crippen molar-refractivity contribution in [2.24, 2.45) is 29.1 Å². The molecule has 0 aromatic heterocycles. The van der Waals surface area contributed by atoms with Crippen molar-refractivity contribution in [3.63, 3.8) is 0 Å². The summed E-state index contributed by atoms with van der Waals surface area (Å²) in [6, 6.07) is 5.45. The van der Waals surface area contributed by atoms with E-state index in [1.165, 1.54) is 0 Å². The summed E-state index contributed by atoms with van der Waals surface area (Å²) in [5.41, 5.74) is 2.13. The lowest BCUT2D eigenvalue weighted by Gasteiger charge is -2.52. The quantitative estimate of drug-likeness (QED) is 0.798. The number of aromatic hydroxyl groups is 1. The zero-order valence-corrected chi connectivity index (χ0v) is 14.9. The molecule has 0 radical (unpaired) electrons. The van der Waals surface area contributed by atoms with E-state index in [4.69, 9.17) is 0 Å². The van der Waals surface area contributed by atoms with Crippen molar-refractivity contribution in [3.8, 4) is 5.75 Å². The van der Waals surface area contributed by atoms with Crippen LogP contribution in [0.15, 0.2) is 18.2 Å². The molecule has 0 heterocycles. The Kier molecular flexibility index (Phi) is 3.72. The van der Waals surface area contributed by atoms with Crippen LogP contribution in [0.4, 0.5) is 4.39 Å². The van der Waals surface area contributed by atoms with E-state index in [-0.39, 0.29) is 29.1 Å². The summed E-state index contributed by atoms with van der Waals surface area (Å²) in [5, 5.41) is 20.5. The van der Waals surface area contributed by atoms with Crippen molar-refractivity contribution < 1.29 is 14.6 Å². The van der Waals surface area contributed by atoms with Gasteiger partial charge >= 0.3 is 0 Å². The van der Waals surface area contributed by atoms with E-state index in [0.29, 0.717) is 24.2 Å². The number of hydrogen-bond acceptors (Lipinski definition) is 2. The minimum atomic E-state index is -0.849. The number of hydrogen-bond donors (Lipinski definition) is 2. The summed E-state index contributed by atoms with van der Waals surface area (Å²) in [4.78, 5) is 0. The second-order valence-corrected chi connectivity index (χ2v) is 9.10. The van der Waals surface area contributed by atoms with Gasteiger partial charge in [0.05, 0.1) is 6.10 Å². The Bertz CT molecular complexity index is 643. The molecule has 3 heteroatoms. The fourth-order valence-electron chi connectivity index (χ4n) is 6.64. The van der Waals surface area contributed by atoms with E-state index in [9.17, 15) is 10.2 Å². The Morgan fingerprint density at radius 3 is 2.71 bits per heavy atom. The molecule has 24 heavy (non-hydrogen) atoms. The van der Waals surface area contributed by atoms with Gasteiger partial charge in [-0.25, -0.2) is 4.39 Å². The molecule has 0 spiro atoms. The van der Waals surface area contributed by atoms with Gasteiger partial charge in [-0.15, -0.1) is 0 Å². The molecule has 1 aromatic rings. The number of aliphatic hydroxyl groups is 1. The Morgan fingerprint density at radius 1 is 1.25 bits per heavy atom. The van der Waals surface area contributed by atoms with Crippen molar-refractivity contribution in [1.82, 2.24) is 0 Å². The number of phenols is 1. The number of aryl methyl sites for hydroxylation is 1. The molecule has 0 unspecified atom stereocenters. The highest BCUT2D eigenvalue weighted by atomic mass is 19.1. The molecule has 2 nitrogen and oxygen atoms in total. The van der Waals surface area contributed by atoms with Crippen molar-refractivity contribution in [3.05, 3.63) is 29.3 Å². The lowest BCUT2D eigenvalue weighted by Crippen LogP contribution is -2.48. The predicted molar refractivity (Wildman–Crippen MR) is 92.7 cm³/mol. The van der Waals surface area contributed by atoms with Gasteiger partial charge in [-0.2, -0.15) is 0 Å². The first kappa shape index (κ1) is 16.4. The van der Waals surface area contributed by atoms with Gasteiger partial charge in [0, 0.05) is 5.92 Å². The minimum absolute atomic E-state index is 0.0704. The van der Waals surface area contributed by atoms with Crippen LogP contribution >= 0.6 is 0 Å². The van der Waals surface area contributed by atoms with Crippen LogP contribution < -0.4 is 0 Å². The molecule has 132 valence electrons. The second kappa shape index (κ2) is 5.45. The SMILES string of the molecule is CC(C)[C@@H]1[C@H]2[C@@H]3CCc4cc(O)ccc4[C@H]3[C@@H](F)C[C@]2(C)C[C@H]1O. The summed E-state index contributed by atoms with van der Waals surface area (Å²) in [7, 11) is 0. The van der Waals surface area contributed by atoms with Gasteiger partial charge in [0.1, 0.15) is 11.9 Å². The molecule has 0 amide bonds. The first-order chi connectivity index (χ1) is 11.3. The monoisotopic (exact) mass is 332 g/mol. The smallest absolute Gasteiger partial charge is 0.115 e. The Morgan fingerprint density at radius 2 is 2.00 bits per heavy atom. The molecular weight excluding hydrogens is 303 g/mol. The van der Waals surface area contributed by atoms with Crippen LogP contribution in [0.2, 0.25) is 0 Å². The van der Waals surface area contributed by atoms with E-state index < -0.39 is 6.17 Å². The van der Waals surface area contributed by atoms with Gasteiger partial charge in [0.15, 0.2) is 0 Å². The summed E-state index contributed by atoms with van der Waals surface area (Å²) in [6.07, 6.45) is 2.03. The molecule has 1 aromatic carbocycles. The molecule has 0 saturated heterocycles. The van der Waals surface area contributed by atoms with Crippen molar-refractivity contribution >= 4 is 0 Å². The number of alkyl halides is 1. The van der Waals surface area contributed by atoms with Crippen LogP contribution in [0.5, 0.6) is 5.75 Å². The van der Waals surface area contributed by atoms with Crippen LogP contribution in [0.3, 0.4) is 0 Å². The normalized spacial score (nSPS) is 44.1. The molecule has 3 aliphatic carbocycles. The highest BCUT2D eigenvalue weighted by Gasteiger charge is 2.60. The third kappa shape index (κ3) is 2.23. The largest absolute Gasteiger partial charge is 0.508 e. The van der Waals surface area contributed by atoms with Crippen LogP contribution in [-0.4, -0.2) is 22.5 Å². The topological polar surface area (TPSA) is 40.5 Å². The summed E-state index contributed by atoms with van der Waals surface area (Å²) in [5.74, 6) is 1.60. The number of benzene rings is 1. The minimum Gasteiger partial charge on any atom is -0.508 e. The Hall–Kier alpha value is -1.09. The number of rotatable bonds is 1. The molecule has 0 bridgehead atoms. The van der Waals surface area contributed by atoms with Crippen molar-refractivity contribution in [2.75, 3.05) is 0 Å². The van der Waals surface area contributed by atoms with Gasteiger partial charge in [0.25, 0.3) is 0 Å². The number of phenolic OH excluding ortho intramolecular Hbond substituents is 1. The van der Waals surface area contributed by atoms with Crippen molar-refractivity contribution in [1.29, 1.82) is 0 Å². The number of halogens is 1. The molecule has 0 aliphatic heterocycles. The van der Waals surface area contributed by atoms with Crippen LogP contribution in [0.1, 0.15) is 57.1 Å². The van der Waals surface area contributed by atoms with Crippen LogP contribution in [-0.2, 0) is 6.42 Å². The molecule has 3 aliphatic rings. The maximum atomic E-state index is 15.3. The molecule has 7 atom stereocenters. The average molecular weight is 332 g/mol. The molecule has 2 saturated carbocycles. The van der Waals surface area contributed by atoms with Gasteiger partial charge in [-0.1, -0.05) is 26.8 Å². The summed E-state index contributed by atoms with van der Waals surface area (Å²) in [6.45, 7) is 6.61. The number of aliphatic hydroxyl groups excluding tert-OH is 1. The number of fused-ring (bicyclic) bond motifs is 5. The van der Waals surface area contributed by atoms with E-state index in [1.54, 1.807) is 6.07 Å². The Balaban J connectivity index is 1.78. The maximum absolute atomic E-state index is 15.3. The fourth-order valence-corrected chi connectivity index (χ4v) is 6.64. The first-order valence-electron chi connectivity index (χ1n) is 9.46. The third-order valence-corrected chi connectivity index (χ3v) is 7.32. The average Bonchev–Trinajstić information content (AvgIpc) is 2.76. The van der Waals surface area contributed by atoms with Crippen LogP contribution in [0, 0.1) is 29.1 Å². The lowest BCUT2D eigenvalue weighted by molar-refractivity contribution is -0.0275.